The molecule has 0 aliphatic heterocycles. The molecule has 1 rings (SSSR count). The predicted octanol–water partition coefficient (Wildman–Crippen LogP) is 3.86. The van der Waals surface area contributed by atoms with Crippen LogP contribution >= 0.6 is 0 Å². The number of hydrogen-bond donors (Lipinski definition) is 0. The molecule has 0 aliphatic carbocycles. The van der Waals surface area contributed by atoms with Gasteiger partial charge in [-0.1, -0.05) is 26.0 Å². The van der Waals surface area contributed by atoms with Crippen molar-refractivity contribution in [2.45, 2.75) is 38.3 Å². The smallest absolute Gasteiger partial charge is 0.298 e. The Balaban J connectivity index is 3.28. The zero-order chi connectivity index (χ0) is 14.7. The average Bonchev–Trinajstić information content (AvgIpc) is 2.40. The van der Waals surface area contributed by atoms with E-state index in [1.54, 1.807) is 13.8 Å². The van der Waals surface area contributed by atoms with Gasteiger partial charge in [-0.3, -0.25) is 4.79 Å². The molecule has 0 saturated heterocycles. The molecular weight excluding hydrogens is 255 g/mol. The monoisotopic (exact) mass is 269 g/mol. The summed E-state index contributed by atoms with van der Waals surface area (Å²) >= 11 is 0. The number of rotatable bonds is 4. The summed E-state index contributed by atoms with van der Waals surface area (Å²) in [5.74, 6) is -0.280. The minimum atomic E-state index is -4.42. The van der Waals surface area contributed by atoms with E-state index in [0.29, 0.717) is 5.56 Å². The first-order chi connectivity index (χ1) is 8.81. The first-order valence-corrected chi connectivity index (χ1v) is 5.94. The summed E-state index contributed by atoms with van der Waals surface area (Å²) in [6, 6.07) is 6.19. The largest absolute Gasteiger partial charge is 0.416 e. The molecular formula is C14H14F3NO. The SMILES string of the molecule is CCC(=O)C(C#N)(CC)c1ccc(C(F)(F)F)cc1. The summed E-state index contributed by atoms with van der Waals surface area (Å²) in [7, 11) is 0. The molecule has 1 aromatic rings. The maximum atomic E-state index is 12.5. The van der Waals surface area contributed by atoms with Gasteiger partial charge in [-0.2, -0.15) is 18.4 Å². The molecule has 19 heavy (non-hydrogen) atoms. The van der Waals surface area contributed by atoms with Gasteiger partial charge in [-0.25, -0.2) is 0 Å². The lowest BCUT2D eigenvalue weighted by molar-refractivity contribution is -0.137. The maximum Gasteiger partial charge on any atom is 0.416 e. The highest BCUT2D eigenvalue weighted by molar-refractivity contribution is 5.92. The van der Waals surface area contributed by atoms with Gasteiger partial charge in [0, 0.05) is 6.42 Å². The third-order valence-electron chi connectivity index (χ3n) is 3.22. The number of Topliss-reactive ketones (excluding diaryl/α,β-unsaturated/α-hetero) is 1. The quantitative estimate of drug-likeness (QED) is 0.832. The summed E-state index contributed by atoms with van der Waals surface area (Å²) in [5, 5.41) is 9.27. The Morgan fingerprint density at radius 1 is 1.16 bits per heavy atom. The van der Waals surface area contributed by atoms with E-state index >= 15 is 0 Å². The van der Waals surface area contributed by atoms with Gasteiger partial charge in [-0.15, -0.1) is 0 Å². The molecule has 0 aliphatic rings. The molecule has 1 atom stereocenters. The van der Waals surface area contributed by atoms with Crippen molar-refractivity contribution in [2.24, 2.45) is 0 Å². The van der Waals surface area contributed by atoms with Crippen molar-refractivity contribution in [3.8, 4) is 6.07 Å². The van der Waals surface area contributed by atoms with Gasteiger partial charge < -0.3 is 0 Å². The molecule has 0 fully saturated rings. The van der Waals surface area contributed by atoms with E-state index in [2.05, 4.69) is 0 Å². The van der Waals surface area contributed by atoms with Crippen LogP contribution in [0.1, 0.15) is 37.8 Å². The van der Waals surface area contributed by atoms with Crippen molar-refractivity contribution in [3.63, 3.8) is 0 Å². The lowest BCUT2D eigenvalue weighted by Crippen LogP contribution is -2.33. The second-order valence-corrected chi connectivity index (χ2v) is 4.22. The van der Waals surface area contributed by atoms with Crippen LogP contribution in [0.15, 0.2) is 24.3 Å². The second-order valence-electron chi connectivity index (χ2n) is 4.22. The summed E-state index contributed by atoms with van der Waals surface area (Å²) in [4.78, 5) is 11.9. The van der Waals surface area contributed by atoms with E-state index in [0.717, 1.165) is 12.1 Å². The van der Waals surface area contributed by atoms with E-state index in [1.165, 1.54) is 12.1 Å². The van der Waals surface area contributed by atoms with Crippen LogP contribution in [0.2, 0.25) is 0 Å². The van der Waals surface area contributed by atoms with E-state index in [1.807, 2.05) is 6.07 Å². The molecule has 0 radical (unpaired) electrons. The van der Waals surface area contributed by atoms with Gasteiger partial charge in [0.1, 0.15) is 5.41 Å². The standard InChI is InChI=1S/C14H14F3NO/c1-3-12(19)13(4-2,9-18)10-5-7-11(8-6-10)14(15,16)17/h5-8H,3-4H2,1-2H3. The maximum absolute atomic E-state index is 12.5. The lowest BCUT2D eigenvalue weighted by atomic mass is 9.75. The van der Waals surface area contributed by atoms with Crippen molar-refractivity contribution in [3.05, 3.63) is 35.4 Å². The highest BCUT2D eigenvalue weighted by Crippen LogP contribution is 2.33. The van der Waals surface area contributed by atoms with Gasteiger partial charge in [0.2, 0.25) is 0 Å². The number of nitriles is 1. The summed E-state index contributed by atoms with van der Waals surface area (Å²) in [6.07, 6.45) is -4.02. The minimum absolute atomic E-state index is 0.169. The van der Waals surface area contributed by atoms with Crippen LogP contribution in [0, 0.1) is 11.3 Å². The summed E-state index contributed by atoms with van der Waals surface area (Å²) in [6.45, 7) is 3.31. The molecule has 102 valence electrons. The fourth-order valence-corrected chi connectivity index (χ4v) is 2.01. The predicted molar refractivity (Wildman–Crippen MR) is 64.3 cm³/mol. The first kappa shape index (κ1) is 15.2. The molecule has 0 spiro atoms. The fraction of sp³-hybridized carbons (Fsp3) is 0.429. The molecule has 5 heteroatoms. The Bertz CT molecular complexity index is 499. The lowest BCUT2D eigenvalue weighted by Gasteiger charge is -2.24. The third kappa shape index (κ3) is 2.78. The van der Waals surface area contributed by atoms with Crippen molar-refractivity contribution < 1.29 is 18.0 Å². The topological polar surface area (TPSA) is 40.9 Å². The van der Waals surface area contributed by atoms with E-state index in [9.17, 15) is 23.2 Å². The van der Waals surface area contributed by atoms with Gasteiger partial charge in [0.05, 0.1) is 11.6 Å². The number of halogens is 3. The Kier molecular flexibility index (Phi) is 4.35. The van der Waals surface area contributed by atoms with Crippen molar-refractivity contribution in [1.82, 2.24) is 0 Å². The molecule has 2 nitrogen and oxygen atoms in total. The van der Waals surface area contributed by atoms with E-state index < -0.39 is 17.2 Å². The highest BCUT2D eigenvalue weighted by atomic mass is 19.4. The van der Waals surface area contributed by atoms with Gasteiger partial charge in [-0.05, 0) is 24.1 Å². The van der Waals surface area contributed by atoms with Gasteiger partial charge in [0.15, 0.2) is 5.78 Å². The van der Waals surface area contributed by atoms with Crippen LogP contribution in [0.4, 0.5) is 13.2 Å². The zero-order valence-corrected chi connectivity index (χ0v) is 10.7. The van der Waals surface area contributed by atoms with E-state index in [-0.39, 0.29) is 18.6 Å². The molecule has 0 aromatic heterocycles. The van der Waals surface area contributed by atoms with Crippen LogP contribution in [-0.2, 0) is 16.4 Å². The summed E-state index contributed by atoms with van der Waals surface area (Å²) < 4.78 is 37.4. The van der Waals surface area contributed by atoms with Crippen LogP contribution < -0.4 is 0 Å². The second kappa shape index (κ2) is 5.43. The Morgan fingerprint density at radius 2 is 1.63 bits per heavy atom. The molecule has 0 bridgehead atoms. The van der Waals surface area contributed by atoms with Crippen LogP contribution in [0.5, 0.6) is 0 Å². The number of carbonyl (C=O) groups is 1. The highest BCUT2D eigenvalue weighted by Gasteiger charge is 2.38. The number of alkyl halides is 3. The number of nitrogens with zero attached hydrogens (tertiary/aromatic N) is 1. The van der Waals surface area contributed by atoms with Crippen molar-refractivity contribution >= 4 is 5.78 Å². The number of carbonyl (C=O) groups excluding carboxylic acids is 1. The molecule has 0 heterocycles. The normalized spacial score (nSPS) is 14.5. The molecule has 0 amide bonds. The van der Waals surface area contributed by atoms with E-state index in [4.69, 9.17) is 0 Å². The van der Waals surface area contributed by atoms with Crippen molar-refractivity contribution in [2.75, 3.05) is 0 Å². The van der Waals surface area contributed by atoms with Crippen LogP contribution in [-0.4, -0.2) is 5.78 Å². The van der Waals surface area contributed by atoms with Gasteiger partial charge >= 0.3 is 6.18 Å². The Labute approximate surface area is 109 Å². The first-order valence-electron chi connectivity index (χ1n) is 5.94. The molecule has 1 aromatic carbocycles. The number of benzene rings is 1. The molecule has 1 unspecified atom stereocenters. The average molecular weight is 269 g/mol. The molecule has 0 saturated carbocycles. The number of hydrogen-bond acceptors (Lipinski definition) is 2. The Hall–Kier alpha value is -1.83. The Morgan fingerprint density at radius 3 is 1.95 bits per heavy atom. The number of ketones is 1. The van der Waals surface area contributed by atoms with Crippen molar-refractivity contribution in [1.29, 1.82) is 5.26 Å². The summed E-state index contributed by atoms with van der Waals surface area (Å²) in [5.41, 5.74) is -1.82. The molecule has 0 N–H and O–H groups in total. The van der Waals surface area contributed by atoms with Gasteiger partial charge in [0.25, 0.3) is 0 Å². The van der Waals surface area contributed by atoms with Crippen LogP contribution in [0.3, 0.4) is 0 Å². The third-order valence-corrected chi connectivity index (χ3v) is 3.22. The minimum Gasteiger partial charge on any atom is -0.298 e. The van der Waals surface area contributed by atoms with Crippen LogP contribution in [0.25, 0.3) is 0 Å². The zero-order valence-electron chi connectivity index (χ0n) is 10.7. The fourth-order valence-electron chi connectivity index (χ4n) is 2.01.